The molecule has 0 radical (unpaired) electrons. The molecular formula is C12H24N2O. The van der Waals surface area contributed by atoms with Gasteiger partial charge in [-0.3, -0.25) is 9.69 Å². The second kappa shape index (κ2) is 4.52. The SMILES string of the molecule is CC(C)C(=O)N1CCN(C(C)(C)C)CC1. The van der Waals surface area contributed by atoms with E-state index in [2.05, 4.69) is 25.7 Å². The largest absolute Gasteiger partial charge is 0.340 e. The summed E-state index contributed by atoms with van der Waals surface area (Å²) < 4.78 is 0. The first-order chi connectivity index (χ1) is 6.82. The van der Waals surface area contributed by atoms with Crippen LogP contribution in [0.3, 0.4) is 0 Å². The third-order valence-electron chi connectivity index (χ3n) is 3.03. The fraction of sp³-hybridized carbons (Fsp3) is 0.917. The van der Waals surface area contributed by atoms with E-state index >= 15 is 0 Å². The van der Waals surface area contributed by atoms with E-state index in [0.717, 1.165) is 26.2 Å². The van der Waals surface area contributed by atoms with Crippen LogP contribution in [0.25, 0.3) is 0 Å². The molecule has 0 aromatic rings. The molecule has 0 unspecified atom stereocenters. The normalized spacial score (nSPS) is 19.7. The topological polar surface area (TPSA) is 23.6 Å². The number of hydrogen-bond acceptors (Lipinski definition) is 2. The Hall–Kier alpha value is -0.570. The minimum Gasteiger partial charge on any atom is -0.340 e. The molecule has 0 aromatic heterocycles. The smallest absolute Gasteiger partial charge is 0.225 e. The van der Waals surface area contributed by atoms with Gasteiger partial charge in [0.15, 0.2) is 0 Å². The Balaban J connectivity index is 2.46. The first-order valence-electron chi connectivity index (χ1n) is 5.86. The van der Waals surface area contributed by atoms with Crippen LogP contribution in [0.5, 0.6) is 0 Å². The number of piperazine rings is 1. The summed E-state index contributed by atoms with van der Waals surface area (Å²) in [6.07, 6.45) is 0. The van der Waals surface area contributed by atoms with Crippen LogP contribution < -0.4 is 0 Å². The third kappa shape index (κ3) is 3.20. The highest BCUT2D eigenvalue weighted by Crippen LogP contribution is 2.16. The van der Waals surface area contributed by atoms with Gasteiger partial charge in [0, 0.05) is 37.6 Å². The predicted octanol–water partition coefficient (Wildman–Crippen LogP) is 1.59. The summed E-state index contributed by atoms with van der Waals surface area (Å²) in [5.74, 6) is 0.426. The van der Waals surface area contributed by atoms with E-state index in [4.69, 9.17) is 0 Å². The third-order valence-corrected chi connectivity index (χ3v) is 3.03. The standard InChI is InChI=1S/C12H24N2O/c1-10(2)11(15)13-6-8-14(9-7-13)12(3,4)5/h10H,6-9H2,1-5H3. The van der Waals surface area contributed by atoms with E-state index in [1.54, 1.807) is 0 Å². The highest BCUT2D eigenvalue weighted by molar-refractivity contribution is 5.78. The zero-order valence-corrected chi connectivity index (χ0v) is 10.7. The highest BCUT2D eigenvalue weighted by Gasteiger charge is 2.28. The summed E-state index contributed by atoms with van der Waals surface area (Å²) in [5.41, 5.74) is 0.229. The van der Waals surface area contributed by atoms with Gasteiger partial charge in [-0.2, -0.15) is 0 Å². The number of carbonyl (C=O) groups excluding carboxylic acids is 1. The summed E-state index contributed by atoms with van der Waals surface area (Å²) in [5, 5.41) is 0. The van der Waals surface area contributed by atoms with Crippen molar-refractivity contribution in [3.8, 4) is 0 Å². The van der Waals surface area contributed by atoms with E-state index in [1.165, 1.54) is 0 Å². The molecule has 1 fully saturated rings. The van der Waals surface area contributed by atoms with Gasteiger partial charge < -0.3 is 4.90 Å². The maximum Gasteiger partial charge on any atom is 0.225 e. The molecule has 0 aliphatic carbocycles. The van der Waals surface area contributed by atoms with E-state index in [1.807, 2.05) is 18.7 Å². The predicted molar refractivity (Wildman–Crippen MR) is 62.7 cm³/mol. The van der Waals surface area contributed by atoms with Crippen molar-refractivity contribution in [3.05, 3.63) is 0 Å². The number of nitrogens with zero attached hydrogens (tertiary/aromatic N) is 2. The second-order valence-electron chi connectivity index (χ2n) is 5.64. The molecule has 0 aromatic carbocycles. The average molecular weight is 212 g/mol. The average Bonchev–Trinajstić information content (AvgIpc) is 2.15. The minimum absolute atomic E-state index is 0.131. The molecule has 15 heavy (non-hydrogen) atoms. The van der Waals surface area contributed by atoms with Gasteiger partial charge in [0.25, 0.3) is 0 Å². The molecule has 0 saturated carbocycles. The van der Waals surface area contributed by atoms with Crippen LogP contribution in [0.2, 0.25) is 0 Å². The number of amides is 1. The van der Waals surface area contributed by atoms with Crippen LogP contribution in [0, 0.1) is 5.92 Å². The fourth-order valence-corrected chi connectivity index (χ4v) is 1.96. The molecule has 0 atom stereocenters. The van der Waals surface area contributed by atoms with Crippen LogP contribution >= 0.6 is 0 Å². The van der Waals surface area contributed by atoms with Gasteiger partial charge in [0.1, 0.15) is 0 Å². The lowest BCUT2D eigenvalue weighted by Gasteiger charge is -2.42. The van der Waals surface area contributed by atoms with Gasteiger partial charge in [-0.25, -0.2) is 0 Å². The van der Waals surface area contributed by atoms with Gasteiger partial charge in [-0.15, -0.1) is 0 Å². The number of hydrogen-bond donors (Lipinski definition) is 0. The molecule has 3 heteroatoms. The van der Waals surface area contributed by atoms with Gasteiger partial charge in [0.05, 0.1) is 0 Å². The molecule has 3 nitrogen and oxygen atoms in total. The van der Waals surface area contributed by atoms with Crippen molar-refractivity contribution in [1.29, 1.82) is 0 Å². The number of rotatable bonds is 1. The summed E-state index contributed by atoms with van der Waals surface area (Å²) in [4.78, 5) is 16.2. The summed E-state index contributed by atoms with van der Waals surface area (Å²) in [7, 11) is 0. The fourth-order valence-electron chi connectivity index (χ4n) is 1.96. The van der Waals surface area contributed by atoms with Crippen LogP contribution in [0.4, 0.5) is 0 Å². The molecule has 1 rings (SSSR count). The monoisotopic (exact) mass is 212 g/mol. The summed E-state index contributed by atoms with van der Waals surface area (Å²) >= 11 is 0. The summed E-state index contributed by atoms with van der Waals surface area (Å²) in [6.45, 7) is 14.4. The Morgan fingerprint density at radius 3 is 1.87 bits per heavy atom. The zero-order valence-electron chi connectivity index (χ0n) is 10.7. The van der Waals surface area contributed by atoms with E-state index < -0.39 is 0 Å². The second-order valence-corrected chi connectivity index (χ2v) is 5.64. The molecular weight excluding hydrogens is 188 g/mol. The first-order valence-corrected chi connectivity index (χ1v) is 5.86. The van der Waals surface area contributed by atoms with Crippen molar-refractivity contribution < 1.29 is 4.79 Å². The molecule has 1 aliphatic rings. The Morgan fingerprint density at radius 1 is 1.07 bits per heavy atom. The van der Waals surface area contributed by atoms with Crippen LogP contribution in [0.1, 0.15) is 34.6 Å². The number of carbonyl (C=O) groups is 1. The van der Waals surface area contributed by atoms with Gasteiger partial charge in [-0.1, -0.05) is 13.8 Å². The quantitative estimate of drug-likeness (QED) is 0.659. The molecule has 0 bridgehead atoms. The van der Waals surface area contributed by atoms with Crippen molar-refractivity contribution in [3.63, 3.8) is 0 Å². The van der Waals surface area contributed by atoms with Crippen molar-refractivity contribution in [2.24, 2.45) is 5.92 Å². The van der Waals surface area contributed by atoms with Crippen LogP contribution in [0.15, 0.2) is 0 Å². The minimum atomic E-state index is 0.131. The summed E-state index contributed by atoms with van der Waals surface area (Å²) in [6, 6.07) is 0. The molecule has 0 N–H and O–H groups in total. The zero-order chi connectivity index (χ0) is 11.6. The highest BCUT2D eigenvalue weighted by atomic mass is 16.2. The Kier molecular flexibility index (Phi) is 3.77. The van der Waals surface area contributed by atoms with E-state index in [-0.39, 0.29) is 11.5 Å². The molecule has 88 valence electrons. The van der Waals surface area contributed by atoms with Crippen molar-refractivity contribution in [2.45, 2.75) is 40.2 Å². The molecule has 1 aliphatic heterocycles. The van der Waals surface area contributed by atoms with Crippen molar-refractivity contribution in [2.75, 3.05) is 26.2 Å². The van der Waals surface area contributed by atoms with Gasteiger partial charge in [-0.05, 0) is 20.8 Å². The Labute approximate surface area is 93.4 Å². The molecule has 1 amide bonds. The Morgan fingerprint density at radius 2 is 1.53 bits per heavy atom. The van der Waals surface area contributed by atoms with E-state index in [0.29, 0.717) is 5.91 Å². The lowest BCUT2D eigenvalue weighted by molar-refractivity contribution is -0.137. The maximum absolute atomic E-state index is 11.8. The van der Waals surface area contributed by atoms with E-state index in [9.17, 15) is 4.79 Å². The first kappa shape index (κ1) is 12.5. The van der Waals surface area contributed by atoms with Crippen molar-refractivity contribution in [1.82, 2.24) is 9.80 Å². The maximum atomic E-state index is 11.8. The molecule has 1 saturated heterocycles. The van der Waals surface area contributed by atoms with Crippen LogP contribution in [-0.4, -0.2) is 47.4 Å². The molecule has 1 heterocycles. The van der Waals surface area contributed by atoms with Crippen molar-refractivity contribution >= 4 is 5.91 Å². The Bertz CT molecular complexity index is 222. The lowest BCUT2D eigenvalue weighted by atomic mass is 10.0. The lowest BCUT2D eigenvalue weighted by Crippen LogP contribution is -2.55. The van der Waals surface area contributed by atoms with Gasteiger partial charge >= 0.3 is 0 Å². The van der Waals surface area contributed by atoms with Gasteiger partial charge in [0.2, 0.25) is 5.91 Å². The van der Waals surface area contributed by atoms with Crippen LogP contribution in [-0.2, 0) is 4.79 Å². The molecule has 0 spiro atoms.